The lowest BCUT2D eigenvalue weighted by molar-refractivity contribution is -0.123. The van der Waals surface area contributed by atoms with Crippen LogP contribution < -0.4 is 14.8 Å². The smallest absolute Gasteiger partial charge is 0.234 e. The fourth-order valence-corrected chi connectivity index (χ4v) is 6.88. The van der Waals surface area contributed by atoms with E-state index in [0.717, 1.165) is 62.6 Å². The number of ether oxygens (including phenoxy) is 1. The summed E-state index contributed by atoms with van der Waals surface area (Å²) < 4.78 is 32.8. The highest BCUT2D eigenvalue weighted by atomic mass is 35.5. The summed E-state index contributed by atoms with van der Waals surface area (Å²) in [4.78, 5) is 17.2. The van der Waals surface area contributed by atoms with Crippen LogP contribution in [0.5, 0.6) is 5.75 Å². The molecule has 2 N–H and O–H groups in total. The number of sulfonamides is 1. The zero-order chi connectivity index (χ0) is 27.8. The molecule has 1 aliphatic carbocycles. The molecule has 2 heterocycles. The number of rotatable bonds is 6. The number of amides is 1. The van der Waals surface area contributed by atoms with E-state index in [2.05, 4.69) is 27.1 Å². The normalized spacial score (nSPS) is 21.2. The van der Waals surface area contributed by atoms with Gasteiger partial charge in [0.1, 0.15) is 11.4 Å². The van der Waals surface area contributed by atoms with Crippen LogP contribution in [-0.4, -0.2) is 75.8 Å². The number of fused-ring (bicyclic) bond motifs is 2. The summed E-state index contributed by atoms with van der Waals surface area (Å²) in [6.07, 6.45) is 6.54. The second kappa shape index (κ2) is 13.2. The lowest BCUT2D eigenvalue weighted by Crippen LogP contribution is -2.55. The van der Waals surface area contributed by atoms with Crippen molar-refractivity contribution in [1.82, 2.24) is 15.1 Å². The Labute approximate surface area is 255 Å². The summed E-state index contributed by atoms with van der Waals surface area (Å²) in [5, 5.41) is 12.4. The van der Waals surface area contributed by atoms with Gasteiger partial charge in [0.25, 0.3) is 0 Å². The Balaban J connectivity index is 0.00000231. The number of hydrogen-bond acceptors (Lipinski definition) is 7. The van der Waals surface area contributed by atoms with Gasteiger partial charge in [-0.25, -0.2) is 8.42 Å². The van der Waals surface area contributed by atoms with Crippen molar-refractivity contribution >= 4 is 46.4 Å². The Bertz CT molecular complexity index is 1400. The highest BCUT2D eigenvalue weighted by Crippen LogP contribution is 2.46. The van der Waals surface area contributed by atoms with Crippen molar-refractivity contribution in [3.8, 4) is 11.8 Å². The van der Waals surface area contributed by atoms with Gasteiger partial charge >= 0.3 is 0 Å². The van der Waals surface area contributed by atoms with Gasteiger partial charge in [-0.2, -0.15) is 5.26 Å². The lowest BCUT2D eigenvalue weighted by Gasteiger charge is -2.49. The molecule has 1 saturated heterocycles. The number of nitriles is 1. The van der Waals surface area contributed by atoms with Crippen LogP contribution in [0, 0.1) is 11.3 Å². The summed E-state index contributed by atoms with van der Waals surface area (Å²) in [5.41, 5.74) is 4.23. The second-order valence-corrected chi connectivity index (χ2v) is 13.3. The average Bonchev–Trinajstić information content (AvgIpc) is 2.87. The highest BCUT2D eigenvalue weighted by Gasteiger charge is 2.45. The van der Waals surface area contributed by atoms with Gasteiger partial charge in [-0.1, -0.05) is 6.07 Å². The number of likely N-dealkylation sites (N-methyl/N-ethyl adjacent to an activating group) is 1. The van der Waals surface area contributed by atoms with Crippen molar-refractivity contribution in [1.29, 1.82) is 5.26 Å². The largest absolute Gasteiger partial charge is 0.487 e. The first-order valence-corrected chi connectivity index (χ1v) is 15.4. The molecule has 2 aromatic carbocycles. The molecule has 0 saturated carbocycles. The second-order valence-electron chi connectivity index (χ2n) is 11.5. The predicted molar refractivity (Wildman–Crippen MR) is 165 cm³/mol. The highest BCUT2D eigenvalue weighted by molar-refractivity contribution is 7.92. The minimum absolute atomic E-state index is 0. The van der Waals surface area contributed by atoms with Gasteiger partial charge < -0.3 is 15.0 Å². The molecule has 12 heteroatoms. The van der Waals surface area contributed by atoms with Gasteiger partial charge in [0, 0.05) is 36.8 Å². The maximum Gasteiger partial charge on any atom is 0.234 e. The standard InChI is InChI=1S/C29H37N5O4S.2ClH/c1-33(2)19-28(35)31-26-17-29(38-27-9-7-23(16-25(26)27)32-39(3,36)37)10-12-34(13-11-29)24-8-6-21-14-20(18-30)4-5-22(21)15-24;;/h4-5,7,9,14,16,24,26,32H,6,8,10-13,15,17,19H2,1-3H3,(H,31,35);2*1H/t24-,26+;;/m1../s1. The Morgan fingerprint density at radius 1 is 1.15 bits per heavy atom. The van der Waals surface area contributed by atoms with Gasteiger partial charge in [0.15, 0.2) is 0 Å². The van der Waals surface area contributed by atoms with Crippen molar-refractivity contribution in [2.24, 2.45) is 0 Å². The third kappa shape index (κ3) is 7.85. The van der Waals surface area contributed by atoms with E-state index >= 15 is 0 Å². The number of piperidine rings is 1. The molecule has 0 radical (unpaired) electrons. The van der Waals surface area contributed by atoms with Crippen LogP contribution in [0.1, 0.15) is 54.0 Å². The third-order valence-electron chi connectivity index (χ3n) is 8.15. The number of nitrogens with one attached hydrogen (secondary N) is 2. The van der Waals surface area contributed by atoms with E-state index in [9.17, 15) is 18.5 Å². The SMILES string of the molecule is CN(C)CC(=O)N[C@H]1CC2(CCN([C@@H]3CCc4cc(C#N)ccc4C3)CC2)Oc2ccc(NS(C)(=O)=O)cc21.Cl.Cl. The predicted octanol–water partition coefficient (Wildman–Crippen LogP) is 3.67. The summed E-state index contributed by atoms with van der Waals surface area (Å²) in [5.74, 6) is 0.621. The summed E-state index contributed by atoms with van der Waals surface area (Å²) in [7, 11) is 0.281. The van der Waals surface area contributed by atoms with Gasteiger partial charge in [0.05, 0.1) is 30.5 Å². The molecular weight excluding hydrogens is 585 g/mol. The molecular formula is C29H39Cl2N5O4S. The first-order valence-electron chi connectivity index (χ1n) is 13.5. The maximum absolute atomic E-state index is 12.8. The van der Waals surface area contributed by atoms with Crippen LogP contribution in [0.25, 0.3) is 0 Å². The van der Waals surface area contributed by atoms with Crippen molar-refractivity contribution in [3.63, 3.8) is 0 Å². The van der Waals surface area contributed by atoms with Crippen molar-refractivity contribution in [2.75, 3.05) is 44.7 Å². The van der Waals surface area contributed by atoms with E-state index in [1.807, 2.05) is 37.2 Å². The van der Waals surface area contributed by atoms with Crippen molar-refractivity contribution < 1.29 is 17.9 Å². The van der Waals surface area contributed by atoms with Crippen LogP contribution in [0.3, 0.4) is 0 Å². The summed E-state index contributed by atoms with van der Waals surface area (Å²) in [6.45, 7) is 2.10. The summed E-state index contributed by atoms with van der Waals surface area (Å²) >= 11 is 0. The number of halogens is 2. The fourth-order valence-electron chi connectivity index (χ4n) is 6.32. The van der Waals surface area contributed by atoms with Gasteiger partial charge in [0.2, 0.25) is 15.9 Å². The van der Waals surface area contributed by atoms with E-state index in [1.54, 1.807) is 12.1 Å². The molecule has 2 aliphatic heterocycles. The minimum Gasteiger partial charge on any atom is -0.487 e. The third-order valence-corrected chi connectivity index (χ3v) is 8.76. The van der Waals surface area contributed by atoms with Gasteiger partial charge in [-0.05, 0) is 87.7 Å². The molecule has 5 rings (SSSR count). The number of benzene rings is 2. The molecule has 0 bridgehead atoms. The number of anilines is 1. The van der Waals surface area contributed by atoms with E-state index < -0.39 is 10.0 Å². The number of nitrogens with zero attached hydrogens (tertiary/aromatic N) is 3. The molecule has 2 atom stereocenters. The Hall–Kier alpha value is -2.55. The monoisotopic (exact) mass is 623 g/mol. The van der Waals surface area contributed by atoms with Crippen LogP contribution in [-0.2, 0) is 27.7 Å². The minimum atomic E-state index is -3.43. The fraction of sp³-hybridized carbons (Fsp3) is 0.517. The van der Waals surface area contributed by atoms with E-state index in [0.29, 0.717) is 23.9 Å². The van der Waals surface area contributed by atoms with E-state index in [-0.39, 0.29) is 48.9 Å². The average molecular weight is 625 g/mol. The molecule has 1 amide bonds. The first kappa shape index (κ1) is 33.0. The summed E-state index contributed by atoms with van der Waals surface area (Å²) in [6, 6.07) is 13.8. The number of aryl methyl sites for hydroxylation is 1. The van der Waals surface area contributed by atoms with Crippen LogP contribution in [0.4, 0.5) is 5.69 Å². The quantitative estimate of drug-likeness (QED) is 0.504. The molecule has 41 heavy (non-hydrogen) atoms. The van der Waals surface area contributed by atoms with Crippen LogP contribution >= 0.6 is 24.8 Å². The number of carbonyl (C=O) groups excluding carboxylic acids is 1. The Morgan fingerprint density at radius 3 is 2.54 bits per heavy atom. The molecule has 2 aromatic rings. The van der Waals surface area contributed by atoms with E-state index in [4.69, 9.17) is 4.74 Å². The Morgan fingerprint density at radius 2 is 1.88 bits per heavy atom. The molecule has 9 nitrogen and oxygen atoms in total. The van der Waals surface area contributed by atoms with Crippen LogP contribution in [0.15, 0.2) is 36.4 Å². The molecule has 3 aliphatic rings. The Kier molecular flexibility index (Phi) is 10.6. The first-order chi connectivity index (χ1) is 18.5. The lowest BCUT2D eigenvalue weighted by atomic mass is 9.79. The topological polar surface area (TPSA) is 115 Å². The van der Waals surface area contributed by atoms with Crippen LogP contribution in [0.2, 0.25) is 0 Å². The van der Waals surface area contributed by atoms with Gasteiger partial charge in [-0.15, -0.1) is 24.8 Å². The molecule has 0 aromatic heterocycles. The zero-order valence-corrected chi connectivity index (χ0v) is 26.1. The van der Waals surface area contributed by atoms with Crippen molar-refractivity contribution in [2.45, 2.75) is 56.2 Å². The van der Waals surface area contributed by atoms with Crippen molar-refractivity contribution in [3.05, 3.63) is 58.7 Å². The zero-order valence-electron chi connectivity index (χ0n) is 23.7. The molecule has 1 fully saturated rings. The van der Waals surface area contributed by atoms with E-state index in [1.165, 1.54) is 11.1 Å². The maximum atomic E-state index is 12.8. The number of hydrogen-bond donors (Lipinski definition) is 2. The number of carbonyl (C=O) groups is 1. The number of likely N-dealkylation sites (tertiary alicyclic amines) is 1. The molecule has 224 valence electrons. The van der Waals surface area contributed by atoms with Gasteiger partial charge in [-0.3, -0.25) is 14.4 Å². The molecule has 1 spiro atoms. The molecule has 0 unspecified atom stereocenters.